The maximum absolute atomic E-state index is 12.0. The molecule has 1 aromatic heterocycles. The molecule has 20 heavy (non-hydrogen) atoms. The molecule has 0 aromatic carbocycles. The predicted molar refractivity (Wildman–Crippen MR) is 72.6 cm³/mol. The third-order valence-corrected chi connectivity index (χ3v) is 3.60. The molecule has 1 N–H and O–H groups in total. The Morgan fingerprint density at radius 3 is 2.40 bits per heavy atom. The molecule has 0 bridgehead atoms. The molecule has 1 heterocycles. The van der Waals surface area contributed by atoms with Gasteiger partial charge in [-0.1, -0.05) is 0 Å². The van der Waals surface area contributed by atoms with Crippen LogP contribution in [0.5, 0.6) is 0 Å². The Balaban J connectivity index is 2.87. The van der Waals surface area contributed by atoms with E-state index in [1.54, 1.807) is 0 Å². The Labute approximate surface area is 117 Å². The quantitative estimate of drug-likeness (QED) is 0.833. The fraction of sp³-hybridized carbons (Fsp3) is 0.417. The lowest BCUT2D eigenvalue weighted by Gasteiger charge is -2.16. The van der Waals surface area contributed by atoms with Crippen LogP contribution in [0.15, 0.2) is 12.1 Å². The summed E-state index contributed by atoms with van der Waals surface area (Å²) in [7, 11) is -1.69. The third kappa shape index (κ3) is 4.30. The molecule has 7 nitrogen and oxygen atoms in total. The highest BCUT2D eigenvalue weighted by atomic mass is 32.2. The Kier molecular flexibility index (Phi) is 4.83. The first-order valence-electron chi connectivity index (χ1n) is 5.76. The number of sulfone groups is 1. The molecule has 0 saturated heterocycles. The van der Waals surface area contributed by atoms with Crippen molar-refractivity contribution in [2.45, 2.75) is 6.92 Å². The van der Waals surface area contributed by atoms with Crippen molar-refractivity contribution in [2.75, 3.05) is 25.6 Å². The largest absolute Gasteiger partial charge is 0.478 e. The molecule has 0 radical (unpaired) electrons. The molecule has 0 aliphatic heterocycles. The van der Waals surface area contributed by atoms with Crippen LogP contribution < -0.4 is 0 Å². The van der Waals surface area contributed by atoms with Gasteiger partial charge in [0.2, 0.25) is 0 Å². The van der Waals surface area contributed by atoms with Crippen LogP contribution in [-0.2, 0) is 9.84 Å². The molecule has 0 fully saturated rings. The lowest BCUT2D eigenvalue weighted by Crippen LogP contribution is -2.32. The highest BCUT2D eigenvalue weighted by Gasteiger charge is 2.17. The minimum absolute atomic E-state index is 0.0281. The van der Waals surface area contributed by atoms with Gasteiger partial charge >= 0.3 is 5.97 Å². The molecule has 0 aliphatic carbocycles. The van der Waals surface area contributed by atoms with Crippen LogP contribution >= 0.6 is 0 Å². The van der Waals surface area contributed by atoms with Crippen LogP contribution in [0.1, 0.15) is 26.5 Å². The number of hydrogen-bond donors (Lipinski definition) is 1. The van der Waals surface area contributed by atoms with Crippen molar-refractivity contribution in [1.29, 1.82) is 0 Å². The number of aryl methyl sites for hydroxylation is 1. The van der Waals surface area contributed by atoms with E-state index in [0.717, 1.165) is 6.26 Å². The summed E-state index contributed by atoms with van der Waals surface area (Å²) in [6.07, 6.45) is 1.09. The molecule has 0 atom stereocenters. The number of carboxylic acids is 1. The molecule has 0 unspecified atom stereocenters. The Morgan fingerprint density at radius 1 is 1.35 bits per heavy atom. The first-order valence-corrected chi connectivity index (χ1v) is 7.82. The summed E-state index contributed by atoms with van der Waals surface area (Å²) in [6.45, 7) is 1.55. The van der Waals surface area contributed by atoms with Gasteiger partial charge in [-0.25, -0.2) is 18.2 Å². The zero-order valence-electron chi connectivity index (χ0n) is 11.5. The number of carbonyl (C=O) groups excluding carboxylic acids is 1. The van der Waals surface area contributed by atoms with E-state index in [-0.39, 0.29) is 29.2 Å². The van der Waals surface area contributed by atoms with Gasteiger partial charge in [0.05, 0.1) is 17.0 Å². The van der Waals surface area contributed by atoms with Crippen LogP contribution in [0.2, 0.25) is 0 Å². The average Bonchev–Trinajstić information content (AvgIpc) is 2.33. The second-order valence-electron chi connectivity index (χ2n) is 4.49. The highest BCUT2D eigenvalue weighted by molar-refractivity contribution is 7.90. The van der Waals surface area contributed by atoms with Gasteiger partial charge < -0.3 is 10.0 Å². The predicted octanol–water partition coefficient (Wildman–Crippen LogP) is 0.205. The van der Waals surface area contributed by atoms with Gasteiger partial charge in [-0.2, -0.15) is 0 Å². The van der Waals surface area contributed by atoms with E-state index in [1.807, 2.05) is 0 Å². The second kappa shape index (κ2) is 6.00. The van der Waals surface area contributed by atoms with Gasteiger partial charge in [-0.15, -0.1) is 0 Å². The molecule has 1 rings (SSSR count). The molecule has 1 aromatic rings. The second-order valence-corrected chi connectivity index (χ2v) is 6.75. The number of nitrogens with zero attached hydrogens (tertiary/aromatic N) is 2. The van der Waals surface area contributed by atoms with Gasteiger partial charge in [0.1, 0.15) is 15.5 Å². The number of carbonyl (C=O) groups is 2. The van der Waals surface area contributed by atoms with Crippen molar-refractivity contribution >= 4 is 21.7 Å². The Bertz CT molecular complexity index is 639. The standard InChI is InChI=1S/C12H16N2O5S/c1-8-9(12(16)17)4-5-10(13-8)11(15)14(2)6-7-20(3,18)19/h4-5H,6-7H2,1-3H3,(H,16,17). The van der Waals surface area contributed by atoms with Crippen LogP contribution in [0.3, 0.4) is 0 Å². The van der Waals surface area contributed by atoms with Crippen LogP contribution in [0.4, 0.5) is 0 Å². The Morgan fingerprint density at radius 2 is 1.95 bits per heavy atom. The summed E-state index contributed by atoms with van der Waals surface area (Å²) in [6, 6.07) is 2.62. The topological polar surface area (TPSA) is 105 Å². The molecule has 0 aliphatic rings. The first-order chi connectivity index (χ1) is 9.11. The van der Waals surface area contributed by atoms with Crippen molar-refractivity contribution in [2.24, 2.45) is 0 Å². The van der Waals surface area contributed by atoms with Crippen molar-refractivity contribution in [3.05, 3.63) is 29.1 Å². The van der Waals surface area contributed by atoms with E-state index in [4.69, 9.17) is 5.11 Å². The number of carboxylic acid groups (broad SMARTS) is 1. The maximum atomic E-state index is 12.0. The number of pyridine rings is 1. The van der Waals surface area contributed by atoms with Crippen LogP contribution in [0.25, 0.3) is 0 Å². The smallest absolute Gasteiger partial charge is 0.337 e. The molecular formula is C12H16N2O5S. The Hall–Kier alpha value is -1.96. The molecule has 8 heteroatoms. The summed E-state index contributed by atoms with van der Waals surface area (Å²) < 4.78 is 22.1. The van der Waals surface area contributed by atoms with Crippen molar-refractivity contribution in [3.63, 3.8) is 0 Å². The molecular weight excluding hydrogens is 284 g/mol. The van der Waals surface area contributed by atoms with E-state index in [0.29, 0.717) is 0 Å². The van der Waals surface area contributed by atoms with Crippen LogP contribution in [0, 0.1) is 6.92 Å². The summed E-state index contributed by atoms with van der Waals surface area (Å²) in [4.78, 5) is 28.0. The summed E-state index contributed by atoms with van der Waals surface area (Å²) in [5.41, 5.74) is 0.351. The third-order valence-electron chi connectivity index (χ3n) is 2.68. The average molecular weight is 300 g/mol. The minimum atomic E-state index is -3.15. The lowest BCUT2D eigenvalue weighted by atomic mass is 10.2. The SMILES string of the molecule is Cc1nc(C(=O)N(C)CCS(C)(=O)=O)ccc1C(=O)O. The van der Waals surface area contributed by atoms with E-state index in [9.17, 15) is 18.0 Å². The van der Waals surface area contributed by atoms with Gasteiger partial charge in [-0.3, -0.25) is 4.79 Å². The normalized spacial score (nSPS) is 11.2. The van der Waals surface area contributed by atoms with E-state index in [1.165, 1.54) is 31.0 Å². The van der Waals surface area contributed by atoms with Gasteiger partial charge in [0.25, 0.3) is 5.91 Å². The monoisotopic (exact) mass is 300 g/mol. The maximum Gasteiger partial charge on any atom is 0.337 e. The van der Waals surface area contributed by atoms with Gasteiger partial charge in [0, 0.05) is 19.8 Å². The molecule has 0 saturated carbocycles. The highest BCUT2D eigenvalue weighted by Crippen LogP contribution is 2.08. The van der Waals surface area contributed by atoms with Gasteiger partial charge in [-0.05, 0) is 19.1 Å². The zero-order chi connectivity index (χ0) is 15.5. The fourth-order valence-electron chi connectivity index (χ4n) is 1.51. The fourth-order valence-corrected chi connectivity index (χ4v) is 2.11. The molecule has 1 amide bonds. The van der Waals surface area contributed by atoms with E-state index >= 15 is 0 Å². The van der Waals surface area contributed by atoms with Crippen molar-refractivity contribution < 1.29 is 23.1 Å². The lowest BCUT2D eigenvalue weighted by molar-refractivity contribution is 0.0693. The summed E-state index contributed by atoms with van der Waals surface area (Å²) >= 11 is 0. The number of aromatic nitrogens is 1. The van der Waals surface area contributed by atoms with Crippen molar-refractivity contribution in [1.82, 2.24) is 9.88 Å². The summed E-state index contributed by atoms with van der Waals surface area (Å²) in [5.74, 6) is -1.70. The minimum Gasteiger partial charge on any atom is -0.478 e. The number of rotatable bonds is 5. The van der Waals surface area contributed by atoms with E-state index < -0.39 is 21.7 Å². The van der Waals surface area contributed by atoms with Crippen LogP contribution in [-0.4, -0.2) is 60.9 Å². The molecule has 0 spiro atoms. The van der Waals surface area contributed by atoms with Gasteiger partial charge in [0.15, 0.2) is 0 Å². The number of amides is 1. The zero-order valence-corrected chi connectivity index (χ0v) is 12.3. The van der Waals surface area contributed by atoms with Crippen molar-refractivity contribution in [3.8, 4) is 0 Å². The summed E-state index contributed by atoms with van der Waals surface area (Å²) in [5, 5.41) is 8.88. The number of hydrogen-bond acceptors (Lipinski definition) is 5. The molecule has 110 valence electrons. The first kappa shape index (κ1) is 16.1. The number of aromatic carboxylic acids is 1. The van der Waals surface area contributed by atoms with E-state index in [2.05, 4.69) is 4.98 Å².